The number of benzene rings is 1. The van der Waals surface area contributed by atoms with Gasteiger partial charge in [0.05, 0.1) is 6.61 Å². The standard InChI is InChI=1S/C12H15BrN2O4/c1-3-18-12(17)15-14-11(16)8(2)19-10-6-4-9(13)5-7-10/h4-8H,3H2,1-2H3,(H,14,16)(H,15,17). The molecule has 2 N–H and O–H groups in total. The van der Waals surface area contributed by atoms with E-state index in [2.05, 4.69) is 31.5 Å². The van der Waals surface area contributed by atoms with E-state index in [-0.39, 0.29) is 6.61 Å². The molecule has 1 aromatic rings. The summed E-state index contributed by atoms with van der Waals surface area (Å²) in [5.74, 6) is 0.0814. The zero-order valence-corrected chi connectivity index (χ0v) is 12.2. The molecule has 0 fully saturated rings. The predicted octanol–water partition coefficient (Wildman–Crippen LogP) is 1.99. The molecule has 0 radical (unpaired) electrons. The smallest absolute Gasteiger partial charge is 0.426 e. The first kappa shape index (κ1) is 15.3. The normalized spacial score (nSPS) is 11.3. The zero-order chi connectivity index (χ0) is 14.3. The average Bonchev–Trinajstić information content (AvgIpc) is 2.39. The fourth-order valence-corrected chi connectivity index (χ4v) is 1.42. The molecule has 0 aliphatic carbocycles. The number of amides is 2. The molecule has 0 saturated carbocycles. The topological polar surface area (TPSA) is 76.7 Å². The van der Waals surface area contributed by atoms with Gasteiger partial charge in [-0.05, 0) is 38.1 Å². The molecule has 104 valence electrons. The lowest BCUT2D eigenvalue weighted by molar-refractivity contribution is -0.128. The number of carbonyl (C=O) groups excluding carboxylic acids is 2. The van der Waals surface area contributed by atoms with Crippen LogP contribution in [-0.4, -0.2) is 24.7 Å². The number of nitrogens with one attached hydrogen (secondary N) is 2. The SMILES string of the molecule is CCOC(=O)NNC(=O)C(C)Oc1ccc(Br)cc1. The Bertz CT molecular complexity index is 436. The third-order valence-corrected chi connectivity index (χ3v) is 2.59. The van der Waals surface area contributed by atoms with Gasteiger partial charge in [0.25, 0.3) is 5.91 Å². The summed E-state index contributed by atoms with van der Waals surface area (Å²) in [6.07, 6.45) is -1.46. The van der Waals surface area contributed by atoms with Gasteiger partial charge in [-0.1, -0.05) is 15.9 Å². The Kier molecular flexibility index (Phi) is 6.14. The van der Waals surface area contributed by atoms with Crippen molar-refractivity contribution in [3.05, 3.63) is 28.7 Å². The Balaban J connectivity index is 2.40. The highest BCUT2D eigenvalue weighted by Gasteiger charge is 2.15. The van der Waals surface area contributed by atoms with E-state index in [0.717, 1.165) is 4.47 Å². The molecule has 0 saturated heterocycles. The molecule has 1 aromatic carbocycles. The monoisotopic (exact) mass is 330 g/mol. The van der Waals surface area contributed by atoms with E-state index in [9.17, 15) is 9.59 Å². The van der Waals surface area contributed by atoms with Gasteiger partial charge in [-0.3, -0.25) is 10.2 Å². The first-order chi connectivity index (χ1) is 9.02. The van der Waals surface area contributed by atoms with Gasteiger partial charge in [0.15, 0.2) is 6.10 Å². The lowest BCUT2D eigenvalue weighted by Crippen LogP contribution is -2.47. The molecular formula is C12H15BrN2O4. The minimum atomic E-state index is -0.747. The van der Waals surface area contributed by atoms with E-state index < -0.39 is 18.1 Å². The first-order valence-corrected chi connectivity index (χ1v) is 6.47. The summed E-state index contributed by atoms with van der Waals surface area (Å²) in [5.41, 5.74) is 4.31. The van der Waals surface area contributed by atoms with Gasteiger partial charge < -0.3 is 9.47 Å². The largest absolute Gasteiger partial charge is 0.481 e. The summed E-state index contributed by atoms with van der Waals surface area (Å²) < 4.78 is 10.9. The zero-order valence-electron chi connectivity index (χ0n) is 10.6. The van der Waals surface area contributed by atoms with E-state index in [0.29, 0.717) is 5.75 Å². The van der Waals surface area contributed by atoms with Gasteiger partial charge in [-0.2, -0.15) is 0 Å². The number of hydrogen-bond donors (Lipinski definition) is 2. The van der Waals surface area contributed by atoms with Crippen LogP contribution in [0, 0.1) is 0 Å². The van der Waals surface area contributed by atoms with Crippen molar-refractivity contribution >= 4 is 27.9 Å². The van der Waals surface area contributed by atoms with Crippen LogP contribution in [0.3, 0.4) is 0 Å². The Morgan fingerprint density at radius 2 is 1.89 bits per heavy atom. The van der Waals surface area contributed by atoms with E-state index in [1.54, 1.807) is 38.1 Å². The summed E-state index contributed by atoms with van der Waals surface area (Å²) in [6, 6.07) is 7.06. The lowest BCUT2D eigenvalue weighted by Gasteiger charge is -2.14. The molecule has 0 bridgehead atoms. The van der Waals surface area contributed by atoms with Gasteiger partial charge in [0, 0.05) is 4.47 Å². The van der Waals surface area contributed by atoms with E-state index in [1.165, 1.54) is 0 Å². The average molecular weight is 331 g/mol. The maximum absolute atomic E-state index is 11.6. The van der Waals surface area contributed by atoms with Crippen LogP contribution in [0.25, 0.3) is 0 Å². The van der Waals surface area contributed by atoms with Crippen molar-refractivity contribution in [3.8, 4) is 5.75 Å². The molecule has 1 unspecified atom stereocenters. The Labute approximate surface area is 119 Å². The van der Waals surface area contributed by atoms with Crippen LogP contribution in [0.1, 0.15) is 13.8 Å². The number of ether oxygens (including phenoxy) is 2. The lowest BCUT2D eigenvalue weighted by atomic mass is 10.3. The summed E-state index contributed by atoms with van der Waals surface area (Å²) >= 11 is 3.30. The third-order valence-electron chi connectivity index (χ3n) is 2.06. The first-order valence-electron chi connectivity index (χ1n) is 5.67. The number of hydrazine groups is 1. The second kappa shape index (κ2) is 7.63. The maximum Gasteiger partial charge on any atom is 0.426 e. The molecule has 0 aromatic heterocycles. The third kappa shape index (κ3) is 5.60. The summed E-state index contributed by atoms with van der Waals surface area (Å²) in [7, 11) is 0. The van der Waals surface area contributed by atoms with Crippen molar-refractivity contribution < 1.29 is 19.1 Å². The molecule has 0 heterocycles. The van der Waals surface area contributed by atoms with Gasteiger partial charge in [-0.25, -0.2) is 10.2 Å². The van der Waals surface area contributed by atoms with Crippen LogP contribution in [0.4, 0.5) is 4.79 Å². The van der Waals surface area contributed by atoms with Gasteiger partial charge in [-0.15, -0.1) is 0 Å². The van der Waals surface area contributed by atoms with Crippen molar-refractivity contribution in [2.75, 3.05) is 6.61 Å². The van der Waals surface area contributed by atoms with Gasteiger partial charge in [0.1, 0.15) is 5.75 Å². The quantitative estimate of drug-likeness (QED) is 0.828. The summed E-state index contributed by atoms with van der Waals surface area (Å²) in [6.45, 7) is 3.47. The van der Waals surface area contributed by atoms with Crippen molar-refractivity contribution in [1.29, 1.82) is 0 Å². The van der Waals surface area contributed by atoms with Crippen LogP contribution < -0.4 is 15.6 Å². The fourth-order valence-electron chi connectivity index (χ4n) is 1.15. The number of halogens is 1. The molecule has 0 spiro atoms. The molecule has 19 heavy (non-hydrogen) atoms. The molecule has 1 atom stereocenters. The van der Waals surface area contributed by atoms with Crippen LogP contribution in [0.15, 0.2) is 28.7 Å². The second-order valence-electron chi connectivity index (χ2n) is 3.55. The van der Waals surface area contributed by atoms with Crippen molar-refractivity contribution in [1.82, 2.24) is 10.9 Å². The number of hydrogen-bond acceptors (Lipinski definition) is 4. The van der Waals surface area contributed by atoms with Crippen LogP contribution in [0.5, 0.6) is 5.75 Å². The van der Waals surface area contributed by atoms with Crippen molar-refractivity contribution in [3.63, 3.8) is 0 Å². The predicted molar refractivity (Wildman–Crippen MR) is 72.5 cm³/mol. The van der Waals surface area contributed by atoms with Crippen LogP contribution >= 0.6 is 15.9 Å². The Hall–Kier alpha value is -1.76. The van der Waals surface area contributed by atoms with E-state index >= 15 is 0 Å². The molecule has 7 heteroatoms. The number of carbonyl (C=O) groups is 2. The van der Waals surface area contributed by atoms with Crippen LogP contribution in [0.2, 0.25) is 0 Å². The highest BCUT2D eigenvalue weighted by molar-refractivity contribution is 9.10. The summed E-state index contributed by atoms with van der Waals surface area (Å²) in [4.78, 5) is 22.6. The van der Waals surface area contributed by atoms with E-state index in [4.69, 9.17) is 4.74 Å². The Morgan fingerprint density at radius 3 is 2.47 bits per heavy atom. The van der Waals surface area contributed by atoms with Gasteiger partial charge in [0.2, 0.25) is 0 Å². The molecular weight excluding hydrogens is 316 g/mol. The molecule has 6 nitrogen and oxygen atoms in total. The highest BCUT2D eigenvalue weighted by atomic mass is 79.9. The molecule has 1 rings (SSSR count). The minimum Gasteiger partial charge on any atom is -0.481 e. The summed E-state index contributed by atoms with van der Waals surface area (Å²) in [5, 5.41) is 0. The fraction of sp³-hybridized carbons (Fsp3) is 0.333. The minimum absolute atomic E-state index is 0.229. The Morgan fingerprint density at radius 1 is 1.26 bits per heavy atom. The van der Waals surface area contributed by atoms with Crippen molar-refractivity contribution in [2.24, 2.45) is 0 Å². The van der Waals surface area contributed by atoms with Crippen molar-refractivity contribution in [2.45, 2.75) is 20.0 Å². The molecule has 0 aliphatic heterocycles. The maximum atomic E-state index is 11.6. The van der Waals surface area contributed by atoms with E-state index in [1.807, 2.05) is 0 Å². The molecule has 2 amide bonds. The number of rotatable bonds is 4. The highest BCUT2D eigenvalue weighted by Crippen LogP contribution is 2.17. The second-order valence-corrected chi connectivity index (χ2v) is 4.46. The molecule has 0 aliphatic rings. The van der Waals surface area contributed by atoms with Crippen LogP contribution in [-0.2, 0) is 9.53 Å². The van der Waals surface area contributed by atoms with Gasteiger partial charge >= 0.3 is 6.09 Å².